The molecule has 0 aromatic heterocycles. The standard InChI is InChI=1S/C14H17F4N/c1-2-13(5-6-13)9-19-8-10-3-4-11(15)7-12(10)14(16,17)18/h3-4,7,19H,2,5-6,8-9H2,1H3. The molecule has 1 N–H and O–H groups in total. The first-order valence-electron chi connectivity index (χ1n) is 6.43. The molecule has 5 heteroatoms. The molecule has 1 aromatic rings. The van der Waals surface area contributed by atoms with Crippen molar-refractivity contribution in [2.75, 3.05) is 6.54 Å². The Hall–Kier alpha value is -1.10. The van der Waals surface area contributed by atoms with Crippen LogP contribution in [-0.4, -0.2) is 6.54 Å². The number of rotatable bonds is 5. The van der Waals surface area contributed by atoms with Crippen molar-refractivity contribution in [3.63, 3.8) is 0 Å². The van der Waals surface area contributed by atoms with Crippen LogP contribution in [0.2, 0.25) is 0 Å². The zero-order valence-electron chi connectivity index (χ0n) is 10.8. The highest BCUT2D eigenvalue weighted by Crippen LogP contribution is 2.47. The Bertz CT molecular complexity index is 449. The van der Waals surface area contributed by atoms with Crippen LogP contribution in [0.15, 0.2) is 18.2 Å². The molecule has 0 spiro atoms. The molecule has 2 rings (SSSR count). The van der Waals surface area contributed by atoms with Gasteiger partial charge in [-0.3, -0.25) is 0 Å². The Balaban J connectivity index is 2.03. The molecule has 1 fully saturated rings. The lowest BCUT2D eigenvalue weighted by atomic mass is 10.0. The molecule has 1 aromatic carbocycles. The van der Waals surface area contributed by atoms with Crippen molar-refractivity contribution in [2.45, 2.75) is 38.9 Å². The molecule has 0 saturated heterocycles. The molecule has 1 aliphatic carbocycles. The van der Waals surface area contributed by atoms with Crippen molar-refractivity contribution >= 4 is 0 Å². The van der Waals surface area contributed by atoms with E-state index in [9.17, 15) is 17.6 Å². The smallest absolute Gasteiger partial charge is 0.312 e. The molecule has 0 atom stereocenters. The van der Waals surface area contributed by atoms with Gasteiger partial charge in [0.05, 0.1) is 5.56 Å². The predicted octanol–water partition coefficient (Wildman–Crippen LogP) is 4.12. The summed E-state index contributed by atoms with van der Waals surface area (Å²) < 4.78 is 51.3. The first-order valence-corrected chi connectivity index (χ1v) is 6.43. The fourth-order valence-electron chi connectivity index (χ4n) is 2.26. The van der Waals surface area contributed by atoms with Crippen LogP contribution in [0.3, 0.4) is 0 Å². The molecular weight excluding hydrogens is 258 g/mol. The van der Waals surface area contributed by atoms with Gasteiger partial charge in [-0.1, -0.05) is 13.0 Å². The van der Waals surface area contributed by atoms with Crippen LogP contribution in [0, 0.1) is 11.2 Å². The predicted molar refractivity (Wildman–Crippen MR) is 65.1 cm³/mol. The van der Waals surface area contributed by atoms with Crippen LogP contribution in [0.5, 0.6) is 0 Å². The Morgan fingerprint density at radius 2 is 1.95 bits per heavy atom. The van der Waals surface area contributed by atoms with E-state index in [1.165, 1.54) is 6.07 Å². The summed E-state index contributed by atoms with van der Waals surface area (Å²) in [7, 11) is 0. The molecule has 1 aliphatic rings. The summed E-state index contributed by atoms with van der Waals surface area (Å²) in [5.41, 5.74) is -0.513. The lowest BCUT2D eigenvalue weighted by molar-refractivity contribution is -0.138. The highest BCUT2D eigenvalue weighted by molar-refractivity contribution is 5.30. The van der Waals surface area contributed by atoms with Crippen molar-refractivity contribution in [1.29, 1.82) is 0 Å². The van der Waals surface area contributed by atoms with Gasteiger partial charge in [-0.15, -0.1) is 0 Å². The monoisotopic (exact) mass is 275 g/mol. The minimum atomic E-state index is -4.51. The van der Waals surface area contributed by atoms with Crippen LogP contribution in [-0.2, 0) is 12.7 Å². The van der Waals surface area contributed by atoms with Crippen molar-refractivity contribution in [3.05, 3.63) is 35.1 Å². The average Bonchev–Trinajstić information content (AvgIpc) is 3.10. The minimum absolute atomic E-state index is 0.0980. The van der Waals surface area contributed by atoms with Gasteiger partial charge >= 0.3 is 6.18 Å². The molecular formula is C14H17F4N. The van der Waals surface area contributed by atoms with Crippen LogP contribution < -0.4 is 5.32 Å². The summed E-state index contributed by atoms with van der Waals surface area (Å²) in [6.45, 7) is 2.93. The number of nitrogens with one attached hydrogen (secondary N) is 1. The minimum Gasteiger partial charge on any atom is -0.312 e. The lowest BCUT2D eigenvalue weighted by Gasteiger charge is -2.16. The SMILES string of the molecule is CCC1(CNCc2ccc(F)cc2C(F)(F)F)CC1. The highest BCUT2D eigenvalue weighted by Gasteiger charge is 2.40. The van der Waals surface area contributed by atoms with E-state index in [0.717, 1.165) is 31.9 Å². The van der Waals surface area contributed by atoms with E-state index in [2.05, 4.69) is 12.2 Å². The summed E-state index contributed by atoms with van der Waals surface area (Å²) in [6, 6.07) is 2.83. The Labute approximate surface area is 110 Å². The molecule has 0 bridgehead atoms. The average molecular weight is 275 g/mol. The molecule has 1 saturated carbocycles. The third-order valence-corrected chi connectivity index (χ3v) is 3.90. The molecule has 0 amide bonds. The van der Waals surface area contributed by atoms with Gasteiger partial charge in [0.1, 0.15) is 5.82 Å². The van der Waals surface area contributed by atoms with E-state index in [1.54, 1.807) is 0 Å². The van der Waals surface area contributed by atoms with Gasteiger partial charge in [0.25, 0.3) is 0 Å². The summed E-state index contributed by atoms with van der Waals surface area (Å²) in [5, 5.41) is 3.06. The fourth-order valence-corrected chi connectivity index (χ4v) is 2.26. The Kier molecular flexibility index (Phi) is 3.85. The third-order valence-electron chi connectivity index (χ3n) is 3.90. The quantitative estimate of drug-likeness (QED) is 0.797. The topological polar surface area (TPSA) is 12.0 Å². The molecule has 106 valence electrons. The van der Waals surface area contributed by atoms with E-state index in [-0.39, 0.29) is 17.5 Å². The Morgan fingerprint density at radius 1 is 1.26 bits per heavy atom. The number of alkyl halides is 3. The maximum atomic E-state index is 12.9. The van der Waals surface area contributed by atoms with Crippen LogP contribution in [0.4, 0.5) is 17.6 Å². The largest absolute Gasteiger partial charge is 0.416 e. The number of benzene rings is 1. The van der Waals surface area contributed by atoms with Crippen molar-refractivity contribution in [2.24, 2.45) is 5.41 Å². The number of halogens is 4. The van der Waals surface area contributed by atoms with Gasteiger partial charge in [0.2, 0.25) is 0 Å². The van der Waals surface area contributed by atoms with Gasteiger partial charge in [-0.2, -0.15) is 13.2 Å². The fraction of sp³-hybridized carbons (Fsp3) is 0.571. The summed E-state index contributed by atoms with van der Waals surface area (Å²) in [5.74, 6) is -0.858. The second-order valence-corrected chi connectivity index (χ2v) is 5.26. The van der Waals surface area contributed by atoms with Crippen molar-refractivity contribution in [3.8, 4) is 0 Å². The zero-order valence-corrected chi connectivity index (χ0v) is 10.8. The maximum Gasteiger partial charge on any atom is 0.416 e. The third kappa shape index (κ3) is 3.47. The van der Waals surface area contributed by atoms with E-state index in [0.29, 0.717) is 6.07 Å². The zero-order chi connectivity index (χ0) is 14.1. The Morgan fingerprint density at radius 3 is 2.47 bits per heavy atom. The van der Waals surface area contributed by atoms with E-state index < -0.39 is 17.6 Å². The number of hydrogen-bond donors (Lipinski definition) is 1. The second kappa shape index (κ2) is 5.12. The van der Waals surface area contributed by atoms with Crippen LogP contribution in [0.25, 0.3) is 0 Å². The first kappa shape index (κ1) is 14.3. The van der Waals surface area contributed by atoms with Gasteiger partial charge < -0.3 is 5.32 Å². The molecule has 0 aliphatic heterocycles. The maximum absolute atomic E-state index is 12.9. The molecule has 0 unspecified atom stereocenters. The molecule has 19 heavy (non-hydrogen) atoms. The highest BCUT2D eigenvalue weighted by atomic mass is 19.4. The molecule has 0 heterocycles. The van der Waals surface area contributed by atoms with Crippen LogP contribution in [0.1, 0.15) is 37.3 Å². The van der Waals surface area contributed by atoms with Gasteiger partial charge in [0, 0.05) is 13.1 Å². The second-order valence-electron chi connectivity index (χ2n) is 5.26. The van der Waals surface area contributed by atoms with E-state index >= 15 is 0 Å². The summed E-state index contributed by atoms with van der Waals surface area (Å²) in [6.07, 6.45) is -1.21. The molecule has 0 radical (unpaired) electrons. The first-order chi connectivity index (χ1) is 8.86. The summed E-state index contributed by atoms with van der Waals surface area (Å²) in [4.78, 5) is 0. The van der Waals surface area contributed by atoms with E-state index in [1.807, 2.05) is 0 Å². The van der Waals surface area contributed by atoms with Gasteiger partial charge in [0.15, 0.2) is 0 Å². The number of hydrogen-bond acceptors (Lipinski definition) is 1. The molecule has 1 nitrogen and oxygen atoms in total. The van der Waals surface area contributed by atoms with Crippen molar-refractivity contribution in [1.82, 2.24) is 5.32 Å². The lowest BCUT2D eigenvalue weighted by Crippen LogP contribution is -2.24. The van der Waals surface area contributed by atoms with Crippen LogP contribution >= 0.6 is 0 Å². The summed E-state index contributed by atoms with van der Waals surface area (Å²) >= 11 is 0. The van der Waals surface area contributed by atoms with Crippen molar-refractivity contribution < 1.29 is 17.6 Å². The van der Waals surface area contributed by atoms with E-state index in [4.69, 9.17) is 0 Å². The van der Waals surface area contributed by atoms with Gasteiger partial charge in [-0.05, 0) is 42.4 Å². The normalized spacial score (nSPS) is 17.5. The van der Waals surface area contributed by atoms with Gasteiger partial charge in [-0.25, -0.2) is 4.39 Å².